The SMILES string of the molecule is CN(CCC1CC1)C(=O)C1CSCN1. The van der Waals surface area contributed by atoms with Gasteiger partial charge in [-0.1, -0.05) is 12.8 Å². The molecule has 1 unspecified atom stereocenters. The fourth-order valence-electron chi connectivity index (χ4n) is 1.71. The molecule has 1 amide bonds. The highest BCUT2D eigenvalue weighted by atomic mass is 32.2. The Kier molecular flexibility index (Phi) is 3.34. The van der Waals surface area contributed by atoms with E-state index >= 15 is 0 Å². The Morgan fingerprint density at radius 2 is 2.36 bits per heavy atom. The molecule has 0 aromatic rings. The smallest absolute Gasteiger partial charge is 0.240 e. The van der Waals surface area contributed by atoms with E-state index in [1.54, 1.807) is 11.8 Å². The lowest BCUT2D eigenvalue weighted by atomic mass is 10.2. The number of hydrogen-bond acceptors (Lipinski definition) is 3. The van der Waals surface area contributed by atoms with Crippen LogP contribution in [0.25, 0.3) is 0 Å². The summed E-state index contributed by atoms with van der Waals surface area (Å²) >= 11 is 1.81. The van der Waals surface area contributed by atoms with Crippen LogP contribution in [-0.2, 0) is 4.79 Å². The molecule has 1 aliphatic carbocycles. The van der Waals surface area contributed by atoms with E-state index in [0.29, 0.717) is 0 Å². The van der Waals surface area contributed by atoms with E-state index in [2.05, 4.69) is 5.32 Å². The van der Waals surface area contributed by atoms with Crippen molar-refractivity contribution in [3.05, 3.63) is 0 Å². The summed E-state index contributed by atoms with van der Waals surface area (Å²) < 4.78 is 0. The van der Waals surface area contributed by atoms with E-state index < -0.39 is 0 Å². The molecule has 3 nitrogen and oxygen atoms in total. The van der Waals surface area contributed by atoms with E-state index in [1.165, 1.54) is 19.3 Å². The minimum atomic E-state index is 0.0733. The van der Waals surface area contributed by atoms with E-state index in [4.69, 9.17) is 0 Å². The Bertz CT molecular complexity index is 212. The van der Waals surface area contributed by atoms with Gasteiger partial charge in [-0.25, -0.2) is 0 Å². The topological polar surface area (TPSA) is 32.3 Å². The molecule has 2 fully saturated rings. The van der Waals surface area contributed by atoms with Crippen molar-refractivity contribution >= 4 is 17.7 Å². The molecule has 1 atom stereocenters. The quantitative estimate of drug-likeness (QED) is 0.755. The van der Waals surface area contributed by atoms with Crippen LogP contribution in [-0.4, -0.2) is 42.1 Å². The summed E-state index contributed by atoms with van der Waals surface area (Å²) in [4.78, 5) is 13.7. The minimum Gasteiger partial charge on any atom is -0.344 e. The second-order valence-corrected chi connectivity index (χ2v) is 5.29. The van der Waals surface area contributed by atoms with E-state index in [1.807, 2.05) is 11.9 Å². The first-order valence-corrected chi connectivity index (χ1v) is 6.49. The van der Waals surface area contributed by atoms with Crippen LogP contribution in [0.5, 0.6) is 0 Å². The Balaban J connectivity index is 1.71. The monoisotopic (exact) mass is 214 g/mol. The molecule has 1 N–H and O–H groups in total. The highest BCUT2D eigenvalue weighted by Gasteiger charge is 2.27. The summed E-state index contributed by atoms with van der Waals surface area (Å²) in [6, 6.07) is 0.0733. The highest BCUT2D eigenvalue weighted by Crippen LogP contribution is 2.32. The molecule has 0 radical (unpaired) electrons. The van der Waals surface area contributed by atoms with Crippen LogP contribution in [0.4, 0.5) is 0 Å². The van der Waals surface area contributed by atoms with Crippen LogP contribution < -0.4 is 5.32 Å². The van der Waals surface area contributed by atoms with Gasteiger partial charge in [0.2, 0.25) is 5.91 Å². The summed E-state index contributed by atoms with van der Waals surface area (Å²) in [6.07, 6.45) is 3.95. The molecule has 14 heavy (non-hydrogen) atoms. The second-order valence-electron chi connectivity index (χ2n) is 4.26. The maximum Gasteiger partial charge on any atom is 0.240 e. The molecule has 1 saturated heterocycles. The zero-order valence-electron chi connectivity index (χ0n) is 8.66. The average molecular weight is 214 g/mol. The molecule has 2 rings (SSSR count). The van der Waals surface area contributed by atoms with Crippen molar-refractivity contribution in [2.45, 2.75) is 25.3 Å². The first kappa shape index (κ1) is 10.3. The third-order valence-electron chi connectivity index (χ3n) is 2.96. The Labute approximate surface area is 89.6 Å². The molecule has 1 aliphatic heterocycles. The average Bonchev–Trinajstić information content (AvgIpc) is 2.86. The van der Waals surface area contributed by atoms with Crippen molar-refractivity contribution in [3.63, 3.8) is 0 Å². The van der Waals surface area contributed by atoms with Crippen molar-refractivity contribution < 1.29 is 4.79 Å². The summed E-state index contributed by atoms with van der Waals surface area (Å²) in [5.74, 6) is 3.05. The summed E-state index contributed by atoms with van der Waals surface area (Å²) in [6.45, 7) is 0.937. The van der Waals surface area contributed by atoms with Gasteiger partial charge in [0.25, 0.3) is 0 Å². The number of rotatable bonds is 4. The van der Waals surface area contributed by atoms with Gasteiger partial charge in [-0.05, 0) is 12.3 Å². The van der Waals surface area contributed by atoms with Gasteiger partial charge in [0.1, 0.15) is 0 Å². The van der Waals surface area contributed by atoms with Crippen molar-refractivity contribution in [1.82, 2.24) is 10.2 Å². The largest absolute Gasteiger partial charge is 0.344 e. The molecule has 0 aromatic carbocycles. The minimum absolute atomic E-state index is 0.0733. The zero-order chi connectivity index (χ0) is 9.97. The van der Waals surface area contributed by atoms with Gasteiger partial charge in [0, 0.05) is 25.2 Å². The van der Waals surface area contributed by atoms with E-state index in [9.17, 15) is 4.79 Å². The number of nitrogens with zero attached hydrogens (tertiary/aromatic N) is 1. The first-order valence-electron chi connectivity index (χ1n) is 5.33. The van der Waals surface area contributed by atoms with Gasteiger partial charge in [-0.3, -0.25) is 10.1 Å². The van der Waals surface area contributed by atoms with Crippen molar-refractivity contribution in [3.8, 4) is 0 Å². The summed E-state index contributed by atoms with van der Waals surface area (Å²) in [5, 5.41) is 3.21. The molecule has 1 saturated carbocycles. The van der Waals surface area contributed by atoms with Crippen molar-refractivity contribution in [1.29, 1.82) is 0 Å². The molecule has 4 heteroatoms. The van der Waals surface area contributed by atoms with Gasteiger partial charge in [0.05, 0.1) is 6.04 Å². The Morgan fingerprint density at radius 1 is 1.57 bits per heavy atom. The van der Waals surface area contributed by atoms with Crippen LogP contribution in [0.3, 0.4) is 0 Å². The lowest BCUT2D eigenvalue weighted by molar-refractivity contribution is -0.131. The summed E-state index contributed by atoms with van der Waals surface area (Å²) in [5.41, 5.74) is 0. The molecule has 0 bridgehead atoms. The van der Waals surface area contributed by atoms with E-state index in [-0.39, 0.29) is 11.9 Å². The summed E-state index contributed by atoms with van der Waals surface area (Å²) in [7, 11) is 1.93. The number of carbonyl (C=O) groups is 1. The number of thioether (sulfide) groups is 1. The Morgan fingerprint density at radius 3 is 2.93 bits per heavy atom. The standard InChI is InChI=1S/C10H18N2OS/c1-12(5-4-8-2-3-8)10(13)9-6-14-7-11-9/h8-9,11H,2-7H2,1H3. The maximum atomic E-state index is 11.8. The molecule has 0 aromatic heterocycles. The molecule has 80 valence electrons. The van der Waals surface area contributed by atoms with Crippen LogP contribution in [0, 0.1) is 5.92 Å². The third kappa shape index (κ3) is 2.64. The van der Waals surface area contributed by atoms with Crippen molar-refractivity contribution in [2.75, 3.05) is 25.2 Å². The predicted octanol–water partition coefficient (Wildman–Crippen LogP) is 0.907. The maximum absolute atomic E-state index is 11.8. The number of carbonyl (C=O) groups excluding carboxylic acids is 1. The number of nitrogens with one attached hydrogen (secondary N) is 1. The van der Waals surface area contributed by atoms with Gasteiger partial charge in [-0.2, -0.15) is 0 Å². The van der Waals surface area contributed by atoms with Crippen LogP contribution in [0.15, 0.2) is 0 Å². The van der Waals surface area contributed by atoms with Crippen LogP contribution in [0.1, 0.15) is 19.3 Å². The second kappa shape index (κ2) is 4.53. The number of hydrogen-bond donors (Lipinski definition) is 1. The molecule has 0 spiro atoms. The van der Waals surface area contributed by atoms with Gasteiger partial charge in [-0.15, -0.1) is 11.8 Å². The van der Waals surface area contributed by atoms with Crippen LogP contribution >= 0.6 is 11.8 Å². The first-order chi connectivity index (χ1) is 6.77. The van der Waals surface area contributed by atoms with Crippen molar-refractivity contribution in [2.24, 2.45) is 5.92 Å². The van der Waals surface area contributed by atoms with Gasteiger partial charge >= 0.3 is 0 Å². The van der Waals surface area contributed by atoms with Gasteiger partial charge in [0.15, 0.2) is 0 Å². The lowest BCUT2D eigenvalue weighted by Crippen LogP contribution is -2.43. The molecular formula is C10H18N2OS. The normalized spacial score (nSPS) is 26.5. The zero-order valence-corrected chi connectivity index (χ0v) is 9.48. The third-order valence-corrected chi connectivity index (χ3v) is 3.90. The predicted molar refractivity (Wildman–Crippen MR) is 59.2 cm³/mol. The van der Waals surface area contributed by atoms with Crippen LogP contribution in [0.2, 0.25) is 0 Å². The fraction of sp³-hybridized carbons (Fsp3) is 0.900. The fourth-order valence-corrected chi connectivity index (χ4v) is 2.65. The molecule has 2 aliphatic rings. The molecular weight excluding hydrogens is 196 g/mol. The van der Waals surface area contributed by atoms with E-state index in [0.717, 1.165) is 24.1 Å². The Hall–Kier alpha value is -0.220. The molecule has 1 heterocycles. The lowest BCUT2D eigenvalue weighted by Gasteiger charge is -2.20. The van der Waals surface area contributed by atoms with Gasteiger partial charge < -0.3 is 4.90 Å². The number of amides is 1. The number of likely N-dealkylation sites (N-methyl/N-ethyl adjacent to an activating group) is 1. The highest BCUT2D eigenvalue weighted by molar-refractivity contribution is 7.99.